The standard InChI is InChI=1S/C25H22O4/c26-24(19-12-3-1-4-13-19)28-22-17-9-16-21(18-10-7-8-11-18)23(22)29-25(27)20-14-5-2-6-15-20/h1-6,9,12-18H,7-8,10-11H2. The molecule has 1 saturated carbocycles. The van der Waals surface area contributed by atoms with E-state index < -0.39 is 11.9 Å². The lowest BCUT2D eigenvalue weighted by atomic mass is 9.96. The van der Waals surface area contributed by atoms with Crippen LogP contribution in [0.3, 0.4) is 0 Å². The van der Waals surface area contributed by atoms with Gasteiger partial charge in [-0.15, -0.1) is 0 Å². The minimum Gasteiger partial charge on any atom is -0.419 e. The number of ether oxygens (including phenoxy) is 2. The fourth-order valence-electron chi connectivity index (χ4n) is 3.74. The van der Waals surface area contributed by atoms with Gasteiger partial charge >= 0.3 is 11.9 Å². The van der Waals surface area contributed by atoms with Crippen molar-refractivity contribution >= 4 is 11.9 Å². The van der Waals surface area contributed by atoms with E-state index >= 15 is 0 Å². The van der Waals surface area contributed by atoms with Crippen LogP contribution in [0.5, 0.6) is 11.5 Å². The van der Waals surface area contributed by atoms with E-state index in [4.69, 9.17) is 9.47 Å². The molecular weight excluding hydrogens is 364 g/mol. The van der Waals surface area contributed by atoms with Gasteiger partial charge in [-0.05, 0) is 49.1 Å². The number of hydrogen-bond donors (Lipinski definition) is 0. The van der Waals surface area contributed by atoms with Crippen molar-refractivity contribution in [3.63, 3.8) is 0 Å². The van der Waals surface area contributed by atoms with Gasteiger partial charge in [0.25, 0.3) is 0 Å². The van der Waals surface area contributed by atoms with Gasteiger partial charge < -0.3 is 9.47 Å². The van der Waals surface area contributed by atoms with Crippen LogP contribution in [0.2, 0.25) is 0 Å². The number of esters is 2. The van der Waals surface area contributed by atoms with Crippen LogP contribution in [0.1, 0.15) is 57.9 Å². The molecule has 0 amide bonds. The molecule has 3 aromatic rings. The maximum Gasteiger partial charge on any atom is 0.343 e. The number of benzene rings is 3. The quantitative estimate of drug-likeness (QED) is 0.412. The summed E-state index contributed by atoms with van der Waals surface area (Å²) in [6.45, 7) is 0. The lowest BCUT2D eigenvalue weighted by Crippen LogP contribution is -2.14. The van der Waals surface area contributed by atoms with Crippen molar-refractivity contribution in [3.05, 3.63) is 95.6 Å². The zero-order valence-electron chi connectivity index (χ0n) is 16.0. The van der Waals surface area contributed by atoms with Crippen molar-refractivity contribution in [2.45, 2.75) is 31.6 Å². The first kappa shape index (κ1) is 18.9. The number of para-hydroxylation sites is 1. The van der Waals surface area contributed by atoms with Crippen molar-refractivity contribution in [1.82, 2.24) is 0 Å². The summed E-state index contributed by atoms with van der Waals surface area (Å²) in [7, 11) is 0. The third-order valence-electron chi connectivity index (χ3n) is 5.22. The van der Waals surface area contributed by atoms with Crippen molar-refractivity contribution in [1.29, 1.82) is 0 Å². The molecule has 3 aromatic carbocycles. The topological polar surface area (TPSA) is 52.6 Å². The third kappa shape index (κ3) is 4.37. The van der Waals surface area contributed by atoms with E-state index in [1.807, 2.05) is 24.3 Å². The Morgan fingerprint density at radius 3 is 1.79 bits per heavy atom. The van der Waals surface area contributed by atoms with Gasteiger partial charge in [0.15, 0.2) is 11.5 Å². The molecule has 4 rings (SSSR count). The molecule has 4 nitrogen and oxygen atoms in total. The molecule has 29 heavy (non-hydrogen) atoms. The van der Waals surface area contributed by atoms with Crippen molar-refractivity contribution < 1.29 is 19.1 Å². The van der Waals surface area contributed by atoms with E-state index in [0.29, 0.717) is 22.8 Å². The zero-order chi connectivity index (χ0) is 20.1. The van der Waals surface area contributed by atoms with Crippen LogP contribution in [-0.4, -0.2) is 11.9 Å². The van der Waals surface area contributed by atoms with Crippen LogP contribution in [0.4, 0.5) is 0 Å². The van der Waals surface area contributed by atoms with Gasteiger partial charge in [0.2, 0.25) is 0 Å². The van der Waals surface area contributed by atoms with Crippen molar-refractivity contribution in [3.8, 4) is 11.5 Å². The minimum absolute atomic E-state index is 0.271. The summed E-state index contributed by atoms with van der Waals surface area (Å²) >= 11 is 0. The molecule has 0 bridgehead atoms. The summed E-state index contributed by atoms with van der Waals surface area (Å²) in [6, 6.07) is 23.1. The molecule has 0 unspecified atom stereocenters. The molecule has 0 heterocycles. The fourth-order valence-corrected chi connectivity index (χ4v) is 3.74. The lowest BCUT2D eigenvalue weighted by Gasteiger charge is -2.18. The highest BCUT2D eigenvalue weighted by molar-refractivity contribution is 5.93. The first-order valence-corrected chi connectivity index (χ1v) is 9.90. The molecule has 4 heteroatoms. The second-order valence-corrected chi connectivity index (χ2v) is 7.17. The Labute approximate surface area is 170 Å². The molecule has 1 aliphatic carbocycles. The molecule has 0 spiro atoms. The lowest BCUT2D eigenvalue weighted by molar-refractivity contribution is 0.0680. The molecular formula is C25H22O4. The normalized spacial score (nSPS) is 13.8. The van der Waals surface area contributed by atoms with Gasteiger partial charge in [-0.2, -0.15) is 0 Å². The fraction of sp³-hybridized carbons (Fsp3) is 0.200. The Hall–Kier alpha value is -3.40. The van der Waals surface area contributed by atoms with Crippen LogP contribution >= 0.6 is 0 Å². The van der Waals surface area contributed by atoms with E-state index in [1.165, 1.54) is 0 Å². The van der Waals surface area contributed by atoms with Crippen molar-refractivity contribution in [2.24, 2.45) is 0 Å². The largest absolute Gasteiger partial charge is 0.419 e. The molecule has 0 saturated heterocycles. The van der Waals surface area contributed by atoms with Crippen LogP contribution < -0.4 is 9.47 Å². The summed E-state index contributed by atoms with van der Waals surface area (Å²) in [6.07, 6.45) is 4.35. The second kappa shape index (κ2) is 8.74. The summed E-state index contributed by atoms with van der Waals surface area (Å²) < 4.78 is 11.4. The average molecular weight is 386 g/mol. The van der Waals surface area contributed by atoms with Gasteiger partial charge in [-0.3, -0.25) is 0 Å². The summed E-state index contributed by atoms with van der Waals surface area (Å²) in [5.41, 5.74) is 1.82. The van der Waals surface area contributed by atoms with E-state index in [0.717, 1.165) is 31.2 Å². The van der Waals surface area contributed by atoms with E-state index in [1.54, 1.807) is 54.6 Å². The number of rotatable bonds is 5. The Bertz CT molecular complexity index is 990. The van der Waals surface area contributed by atoms with E-state index in [2.05, 4.69) is 0 Å². The molecule has 0 aliphatic heterocycles. The molecule has 0 radical (unpaired) electrons. The molecule has 0 N–H and O–H groups in total. The number of hydrogen-bond acceptors (Lipinski definition) is 4. The first-order valence-electron chi connectivity index (χ1n) is 9.90. The molecule has 1 fully saturated rings. The Morgan fingerprint density at radius 2 is 1.21 bits per heavy atom. The van der Waals surface area contributed by atoms with Crippen molar-refractivity contribution in [2.75, 3.05) is 0 Å². The highest BCUT2D eigenvalue weighted by Gasteiger charge is 2.26. The predicted molar refractivity (Wildman–Crippen MR) is 110 cm³/mol. The van der Waals surface area contributed by atoms with Gasteiger partial charge in [0.1, 0.15) is 0 Å². The maximum atomic E-state index is 12.7. The highest BCUT2D eigenvalue weighted by Crippen LogP contribution is 2.43. The average Bonchev–Trinajstić information content (AvgIpc) is 3.31. The predicted octanol–water partition coefficient (Wildman–Crippen LogP) is 5.78. The smallest absolute Gasteiger partial charge is 0.343 e. The second-order valence-electron chi connectivity index (χ2n) is 7.17. The number of carbonyl (C=O) groups excluding carboxylic acids is 2. The highest BCUT2D eigenvalue weighted by atomic mass is 16.6. The van der Waals surface area contributed by atoms with E-state index in [9.17, 15) is 9.59 Å². The number of carbonyl (C=O) groups is 2. The van der Waals surface area contributed by atoms with E-state index in [-0.39, 0.29) is 5.75 Å². The van der Waals surface area contributed by atoms with Gasteiger partial charge in [0.05, 0.1) is 11.1 Å². The summed E-state index contributed by atoms with van der Waals surface area (Å²) in [4.78, 5) is 25.3. The third-order valence-corrected chi connectivity index (χ3v) is 5.22. The first-order chi connectivity index (χ1) is 14.2. The SMILES string of the molecule is O=C(Oc1cccc(C2CCCC2)c1OC(=O)c1ccccc1)c1ccccc1. The molecule has 0 atom stereocenters. The molecule has 1 aliphatic rings. The van der Waals surface area contributed by atoms with Crippen LogP contribution in [0.15, 0.2) is 78.9 Å². The zero-order valence-corrected chi connectivity index (χ0v) is 16.0. The van der Waals surface area contributed by atoms with Gasteiger partial charge in [-0.1, -0.05) is 61.4 Å². The minimum atomic E-state index is -0.480. The molecule has 146 valence electrons. The van der Waals surface area contributed by atoms with Crippen LogP contribution in [0, 0.1) is 0 Å². The summed E-state index contributed by atoms with van der Waals surface area (Å²) in [5.74, 6) is -0.0340. The van der Waals surface area contributed by atoms with Crippen LogP contribution in [0.25, 0.3) is 0 Å². The van der Waals surface area contributed by atoms with Gasteiger partial charge in [-0.25, -0.2) is 9.59 Å². The summed E-state index contributed by atoms with van der Waals surface area (Å²) in [5, 5.41) is 0. The Morgan fingerprint density at radius 1 is 0.655 bits per heavy atom. The maximum absolute atomic E-state index is 12.7. The van der Waals surface area contributed by atoms with Gasteiger partial charge in [0, 0.05) is 5.56 Å². The Kier molecular flexibility index (Phi) is 5.71. The molecule has 0 aromatic heterocycles. The monoisotopic (exact) mass is 386 g/mol. The Balaban J connectivity index is 1.67. The van der Waals surface area contributed by atoms with Crippen LogP contribution in [-0.2, 0) is 0 Å².